The standard InChI is InChI=1S/C19H25ClN2O2S/c1-4-9-22(19(23)10-14(2)3)11-16-13-25-18(21-16)12-24-17-7-5-15(20)6-8-17/h5-8,13-14H,4,9-12H2,1-3H3. The van der Waals surface area contributed by atoms with Crippen LogP contribution in [-0.2, 0) is 17.9 Å². The molecule has 4 nitrogen and oxygen atoms in total. The third-order valence-electron chi connectivity index (χ3n) is 3.56. The first-order chi connectivity index (χ1) is 12.0. The van der Waals surface area contributed by atoms with Gasteiger partial charge in [0.2, 0.25) is 5.91 Å². The van der Waals surface area contributed by atoms with E-state index >= 15 is 0 Å². The third kappa shape index (κ3) is 6.67. The van der Waals surface area contributed by atoms with Crippen molar-refractivity contribution in [1.82, 2.24) is 9.88 Å². The summed E-state index contributed by atoms with van der Waals surface area (Å²) in [5, 5.41) is 3.59. The van der Waals surface area contributed by atoms with Crippen molar-refractivity contribution in [1.29, 1.82) is 0 Å². The molecule has 0 saturated carbocycles. The van der Waals surface area contributed by atoms with Crippen molar-refractivity contribution >= 4 is 28.8 Å². The van der Waals surface area contributed by atoms with E-state index in [0.29, 0.717) is 30.5 Å². The maximum absolute atomic E-state index is 12.4. The highest BCUT2D eigenvalue weighted by Gasteiger charge is 2.16. The number of benzene rings is 1. The zero-order chi connectivity index (χ0) is 18.2. The fraction of sp³-hybridized carbons (Fsp3) is 0.474. The van der Waals surface area contributed by atoms with Gasteiger partial charge >= 0.3 is 0 Å². The first kappa shape index (κ1) is 19.7. The lowest BCUT2D eigenvalue weighted by Gasteiger charge is -2.22. The van der Waals surface area contributed by atoms with Gasteiger partial charge in [0.25, 0.3) is 0 Å². The summed E-state index contributed by atoms with van der Waals surface area (Å²) in [6, 6.07) is 7.27. The van der Waals surface area contributed by atoms with Gasteiger partial charge in [0.05, 0.1) is 12.2 Å². The average Bonchev–Trinajstić information content (AvgIpc) is 3.01. The van der Waals surface area contributed by atoms with E-state index in [1.165, 1.54) is 0 Å². The Morgan fingerprint density at radius 3 is 2.68 bits per heavy atom. The smallest absolute Gasteiger partial charge is 0.223 e. The lowest BCUT2D eigenvalue weighted by atomic mass is 10.1. The van der Waals surface area contributed by atoms with E-state index in [2.05, 4.69) is 25.8 Å². The molecule has 1 aromatic heterocycles. The average molecular weight is 381 g/mol. The van der Waals surface area contributed by atoms with E-state index in [4.69, 9.17) is 16.3 Å². The molecule has 1 amide bonds. The van der Waals surface area contributed by atoms with Crippen molar-refractivity contribution in [2.45, 2.75) is 46.8 Å². The van der Waals surface area contributed by atoms with Gasteiger partial charge < -0.3 is 9.64 Å². The van der Waals surface area contributed by atoms with E-state index in [9.17, 15) is 4.79 Å². The topological polar surface area (TPSA) is 42.4 Å². The quantitative estimate of drug-likeness (QED) is 0.603. The maximum Gasteiger partial charge on any atom is 0.223 e. The predicted octanol–water partition coefficient (Wildman–Crippen LogP) is 5.16. The summed E-state index contributed by atoms with van der Waals surface area (Å²) in [4.78, 5) is 18.9. The molecule has 0 saturated heterocycles. The van der Waals surface area contributed by atoms with E-state index in [0.717, 1.165) is 29.4 Å². The Balaban J connectivity index is 1.92. The summed E-state index contributed by atoms with van der Waals surface area (Å²) in [5.74, 6) is 1.33. The van der Waals surface area contributed by atoms with Crippen LogP contribution in [0.1, 0.15) is 44.3 Å². The van der Waals surface area contributed by atoms with Crippen molar-refractivity contribution in [2.75, 3.05) is 6.54 Å². The second-order valence-electron chi connectivity index (χ2n) is 6.39. The van der Waals surface area contributed by atoms with E-state index in [1.54, 1.807) is 23.5 Å². The number of hydrogen-bond donors (Lipinski definition) is 0. The second kappa shape index (κ2) is 9.78. The Kier molecular flexibility index (Phi) is 7.72. The third-order valence-corrected chi connectivity index (χ3v) is 4.68. The van der Waals surface area contributed by atoms with Crippen LogP contribution >= 0.6 is 22.9 Å². The normalized spacial score (nSPS) is 10.9. The number of aromatic nitrogens is 1. The first-order valence-corrected chi connectivity index (χ1v) is 9.83. The first-order valence-electron chi connectivity index (χ1n) is 8.57. The molecule has 1 heterocycles. The van der Waals surface area contributed by atoms with Crippen LogP contribution < -0.4 is 4.74 Å². The molecule has 0 fully saturated rings. The molecule has 2 aromatic rings. The van der Waals surface area contributed by atoms with Gasteiger partial charge in [-0.2, -0.15) is 0 Å². The van der Waals surface area contributed by atoms with Crippen LogP contribution in [0.5, 0.6) is 5.75 Å². The van der Waals surface area contributed by atoms with Crippen molar-refractivity contribution in [2.24, 2.45) is 5.92 Å². The number of amides is 1. The monoisotopic (exact) mass is 380 g/mol. The molecule has 0 aliphatic rings. The van der Waals surface area contributed by atoms with Crippen LogP contribution in [0.2, 0.25) is 5.02 Å². The summed E-state index contributed by atoms with van der Waals surface area (Å²) in [7, 11) is 0. The number of halogens is 1. The van der Waals surface area contributed by atoms with Gasteiger partial charge in [0.15, 0.2) is 0 Å². The Morgan fingerprint density at radius 1 is 1.32 bits per heavy atom. The zero-order valence-corrected chi connectivity index (χ0v) is 16.6. The molecule has 1 aromatic carbocycles. The van der Waals surface area contributed by atoms with Gasteiger partial charge in [-0.3, -0.25) is 4.79 Å². The van der Waals surface area contributed by atoms with Gasteiger partial charge in [-0.25, -0.2) is 4.98 Å². The van der Waals surface area contributed by atoms with E-state index < -0.39 is 0 Å². The Bertz CT molecular complexity index is 670. The van der Waals surface area contributed by atoms with Crippen LogP contribution in [0.15, 0.2) is 29.6 Å². The summed E-state index contributed by atoms with van der Waals surface area (Å²) in [6.45, 7) is 7.97. The van der Waals surface area contributed by atoms with E-state index in [-0.39, 0.29) is 5.91 Å². The second-order valence-corrected chi connectivity index (χ2v) is 7.77. The lowest BCUT2D eigenvalue weighted by Crippen LogP contribution is -2.32. The van der Waals surface area contributed by atoms with Crippen molar-refractivity contribution in [3.63, 3.8) is 0 Å². The maximum atomic E-state index is 12.4. The Morgan fingerprint density at radius 2 is 2.04 bits per heavy atom. The van der Waals surface area contributed by atoms with Crippen molar-refractivity contribution < 1.29 is 9.53 Å². The molecule has 0 aliphatic carbocycles. The molecule has 2 rings (SSSR count). The minimum Gasteiger partial charge on any atom is -0.486 e. The van der Waals surface area contributed by atoms with Crippen LogP contribution in [0.4, 0.5) is 0 Å². The highest BCUT2D eigenvalue weighted by Crippen LogP contribution is 2.19. The molecule has 0 N–H and O–H groups in total. The van der Waals surface area contributed by atoms with Gasteiger partial charge in [0, 0.05) is 23.4 Å². The Labute approximate surface area is 158 Å². The van der Waals surface area contributed by atoms with Crippen LogP contribution in [0.25, 0.3) is 0 Å². The fourth-order valence-electron chi connectivity index (χ4n) is 2.40. The van der Waals surface area contributed by atoms with Gasteiger partial charge in [0.1, 0.15) is 17.4 Å². The number of thiazole rings is 1. The molecular formula is C19H25ClN2O2S. The SMILES string of the molecule is CCCN(Cc1csc(COc2ccc(Cl)cc2)n1)C(=O)CC(C)C. The fourth-order valence-corrected chi connectivity index (χ4v) is 3.22. The lowest BCUT2D eigenvalue weighted by molar-refractivity contribution is -0.132. The van der Waals surface area contributed by atoms with Gasteiger partial charge in [-0.1, -0.05) is 32.4 Å². The predicted molar refractivity (Wildman–Crippen MR) is 103 cm³/mol. The largest absolute Gasteiger partial charge is 0.486 e. The summed E-state index contributed by atoms with van der Waals surface area (Å²) in [6.07, 6.45) is 1.52. The van der Waals surface area contributed by atoms with E-state index in [1.807, 2.05) is 22.4 Å². The highest BCUT2D eigenvalue weighted by molar-refractivity contribution is 7.09. The van der Waals surface area contributed by atoms with Crippen LogP contribution in [0, 0.1) is 5.92 Å². The number of hydrogen-bond acceptors (Lipinski definition) is 4. The minimum absolute atomic E-state index is 0.198. The van der Waals surface area contributed by atoms with Crippen LogP contribution in [0.3, 0.4) is 0 Å². The molecular weight excluding hydrogens is 356 g/mol. The number of carbonyl (C=O) groups excluding carboxylic acids is 1. The molecule has 0 spiro atoms. The molecule has 136 valence electrons. The number of rotatable bonds is 9. The minimum atomic E-state index is 0.198. The molecule has 0 bridgehead atoms. The summed E-state index contributed by atoms with van der Waals surface area (Å²) in [5.41, 5.74) is 0.922. The number of ether oxygens (including phenoxy) is 1. The summed E-state index contributed by atoms with van der Waals surface area (Å²) < 4.78 is 5.72. The number of carbonyl (C=O) groups is 1. The molecule has 25 heavy (non-hydrogen) atoms. The van der Waals surface area contributed by atoms with Crippen molar-refractivity contribution in [3.8, 4) is 5.75 Å². The molecule has 0 atom stereocenters. The molecule has 0 radical (unpaired) electrons. The van der Waals surface area contributed by atoms with Crippen LogP contribution in [-0.4, -0.2) is 22.3 Å². The molecule has 0 unspecified atom stereocenters. The molecule has 6 heteroatoms. The highest BCUT2D eigenvalue weighted by atomic mass is 35.5. The summed E-state index contributed by atoms with van der Waals surface area (Å²) >= 11 is 7.42. The van der Waals surface area contributed by atoms with Gasteiger partial charge in [-0.05, 0) is 36.6 Å². The Hall–Kier alpha value is -1.59. The van der Waals surface area contributed by atoms with Crippen molar-refractivity contribution in [3.05, 3.63) is 45.4 Å². The number of nitrogens with zero attached hydrogens (tertiary/aromatic N) is 2. The van der Waals surface area contributed by atoms with Gasteiger partial charge in [-0.15, -0.1) is 11.3 Å². The zero-order valence-electron chi connectivity index (χ0n) is 15.0. The molecule has 0 aliphatic heterocycles.